The van der Waals surface area contributed by atoms with E-state index in [4.69, 9.17) is 14.0 Å². The van der Waals surface area contributed by atoms with Gasteiger partial charge in [-0.1, -0.05) is 5.16 Å². The van der Waals surface area contributed by atoms with Crippen LogP contribution in [0.15, 0.2) is 47.1 Å². The van der Waals surface area contributed by atoms with Crippen LogP contribution in [0.4, 0.5) is 0 Å². The third-order valence-corrected chi connectivity index (χ3v) is 2.96. The quantitative estimate of drug-likeness (QED) is 0.728. The second-order valence-electron chi connectivity index (χ2n) is 4.40. The lowest BCUT2D eigenvalue weighted by molar-refractivity contribution is 0.0423. The van der Waals surface area contributed by atoms with Crippen molar-refractivity contribution in [2.24, 2.45) is 0 Å². The van der Waals surface area contributed by atoms with Crippen LogP contribution in [0.25, 0.3) is 11.4 Å². The number of esters is 1. The summed E-state index contributed by atoms with van der Waals surface area (Å²) in [5, 5.41) is 3.86. The van der Waals surface area contributed by atoms with E-state index in [2.05, 4.69) is 15.1 Å². The third-order valence-electron chi connectivity index (χ3n) is 2.96. The smallest absolute Gasteiger partial charge is 0.355 e. The molecule has 0 amide bonds. The van der Waals surface area contributed by atoms with Crippen molar-refractivity contribution in [3.8, 4) is 17.1 Å². The molecule has 0 aliphatic carbocycles. The van der Waals surface area contributed by atoms with Crippen molar-refractivity contribution < 1.29 is 18.8 Å². The Morgan fingerprint density at radius 3 is 2.77 bits per heavy atom. The molecule has 0 radical (unpaired) electrons. The highest BCUT2D eigenvalue weighted by atomic mass is 16.6. The van der Waals surface area contributed by atoms with Crippen LogP contribution in [-0.2, 0) is 11.3 Å². The van der Waals surface area contributed by atoms with Gasteiger partial charge in [0.25, 0.3) is 5.89 Å². The fraction of sp³-hybridized carbons (Fsp3) is 0.133. The minimum absolute atomic E-state index is 0.0823. The first-order valence-electron chi connectivity index (χ1n) is 6.54. The highest BCUT2D eigenvalue weighted by molar-refractivity contribution is 5.87. The van der Waals surface area contributed by atoms with Gasteiger partial charge in [0.15, 0.2) is 6.61 Å². The number of H-pyrrole nitrogens is 1. The molecule has 0 atom stereocenters. The summed E-state index contributed by atoms with van der Waals surface area (Å²) in [6.45, 7) is -0.0823. The number of carbonyl (C=O) groups is 1. The molecule has 1 aromatic carbocycles. The van der Waals surface area contributed by atoms with Gasteiger partial charge < -0.3 is 19.0 Å². The molecule has 0 bridgehead atoms. The van der Waals surface area contributed by atoms with Gasteiger partial charge >= 0.3 is 5.97 Å². The predicted molar refractivity (Wildman–Crippen MR) is 76.2 cm³/mol. The summed E-state index contributed by atoms with van der Waals surface area (Å²) in [7, 11) is 1.60. The minimum atomic E-state index is -0.478. The number of nitrogens with one attached hydrogen (secondary N) is 1. The average molecular weight is 299 g/mol. The van der Waals surface area contributed by atoms with E-state index in [9.17, 15) is 4.79 Å². The molecule has 2 heterocycles. The van der Waals surface area contributed by atoms with Gasteiger partial charge in [0, 0.05) is 11.8 Å². The number of nitrogens with zero attached hydrogens (tertiary/aromatic N) is 2. The molecule has 3 aromatic rings. The van der Waals surface area contributed by atoms with Gasteiger partial charge in [-0.25, -0.2) is 4.79 Å². The van der Waals surface area contributed by atoms with Crippen molar-refractivity contribution in [3.63, 3.8) is 0 Å². The van der Waals surface area contributed by atoms with Crippen molar-refractivity contribution in [2.75, 3.05) is 7.11 Å². The number of aromatic amines is 1. The SMILES string of the molecule is COc1ccc(-c2noc(COC(=O)c3ccc[nH]3)n2)cc1. The summed E-state index contributed by atoms with van der Waals surface area (Å²) in [6.07, 6.45) is 1.64. The molecule has 0 aliphatic heterocycles. The number of carbonyl (C=O) groups excluding carboxylic acids is 1. The average Bonchev–Trinajstić information content (AvgIpc) is 3.24. The van der Waals surface area contributed by atoms with Crippen molar-refractivity contribution in [1.29, 1.82) is 0 Å². The standard InChI is InChI=1S/C15H13N3O4/c1-20-11-6-4-10(5-7-11)14-17-13(22-18-14)9-21-15(19)12-3-2-8-16-12/h2-8,16H,9H2,1H3. The van der Waals surface area contributed by atoms with Crippen molar-refractivity contribution in [1.82, 2.24) is 15.1 Å². The molecule has 1 N–H and O–H groups in total. The molecule has 112 valence electrons. The van der Waals surface area contributed by atoms with E-state index in [1.54, 1.807) is 37.6 Å². The number of rotatable bonds is 5. The summed E-state index contributed by atoms with van der Waals surface area (Å²) >= 11 is 0. The third kappa shape index (κ3) is 2.98. The van der Waals surface area contributed by atoms with Crippen LogP contribution in [-0.4, -0.2) is 28.2 Å². The second-order valence-corrected chi connectivity index (χ2v) is 4.40. The molecule has 7 heteroatoms. The maximum absolute atomic E-state index is 11.7. The van der Waals surface area contributed by atoms with Gasteiger partial charge in [0.2, 0.25) is 5.82 Å². The number of aromatic nitrogens is 3. The first-order chi connectivity index (χ1) is 10.8. The van der Waals surface area contributed by atoms with E-state index in [1.165, 1.54) is 0 Å². The Bertz CT molecular complexity index is 747. The molecule has 0 fully saturated rings. The van der Waals surface area contributed by atoms with Crippen LogP contribution in [0.2, 0.25) is 0 Å². The molecule has 0 spiro atoms. The van der Waals surface area contributed by atoms with Crippen molar-refractivity contribution in [2.45, 2.75) is 6.61 Å². The van der Waals surface area contributed by atoms with E-state index in [1.807, 2.05) is 12.1 Å². The molecular formula is C15H13N3O4. The maximum atomic E-state index is 11.7. The number of hydrogen-bond acceptors (Lipinski definition) is 6. The van der Waals surface area contributed by atoms with Crippen LogP contribution in [0.1, 0.15) is 16.4 Å². The van der Waals surface area contributed by atoms with Crippen LogP contribution in [0.5, 0.6) is 5.75 Å². The summed E-state index contributed by atoms with van der Waals surface area (Å²) in [5.41, 5.74) is 1.15. The Labute approximate surface area is 125 Å². The minimum Gasteiger partial charge on any atom is -0.497 e. The number of methoxy groups -OCH3 is 1. The van der Waals surface area contributed by atoms with Gasteiger partial charge in [0.05, 0.1) is 7.11 Å². The van der Waals surface area contributed by atoms with Crippen molar-refractivity contribution in [3.05, 3.63) is 54.2 Å². The van der Waals surface area contributed by atoms with Crippen LogP contribution in [0.3, 0.4) is 0 Å². The molecule has 0 unspecified atom stereocenters. The summed E-state index contributed by atoms with van der Waals surface area (Å²) in [6, 6.07) is 10.6. The number of hydrogen-bond donors (Lipinski definition) is 1. The Morgan fingerprint density at radius 1 is 1.27 bits per heavy atom. The lowest BCUT2D eigenvalue weighted by atomic mass is 10.2. The zero-order chi connectivity index (χ0) is 15.4. The lowest BCUT2D eigenvalue weighted by Gasteiger charge is -1.99. The largest absolute Gasteiger partial charge is 0.497 e. The first kappa shape index (κ1) is 13.9. The Hall–Kier alpha value is -3.09. The fourth-order valence-corrected chi connectivity index (χ4v) is 1.83. The highest BCUT2D eigenvalue weighted by Crippen LogP contribution is 2.19. The normalized spacial score (nSPS) is 10.4. The fourth-order valence-electron chi connectivity index (χ4n) is 1.83. The zero-order valence-electron chi connectivity index (χ0n) is 11.8. The van der Waals surface area contributed by atoms with Gasteiger partial charge in [-0.3, -0.25) is 0 Å². The zero-order valence-corrected chi connectivity index (χ0v) is 11.8. The molecule has 3 rings (SSSR count). The van der Waals surface area contributed by atoms with Gasteiger partial charge in [-0.05, 0) is 36.4 Å². The van der Waals surface area contributed by atoms with Crippen LogP contribution in [0, 0.1) is 0 Å². The van der Waals surface area contributed by atoms with Gasteiger partial charge in [-0.15, -0.1) is 0 Å². The molecule has 7 nitrogen and oxygen atoms in total. The molecular weight excluding hydrogens is 286 g/mol. The Morgan fingerprint density at radius 2 is 2.09 bits per heavy atom. The van der Waals surface area contributed by atoms with Crippen LogP contribution < -0.4 is 4.74 Å². The Kier molecular flexibility index (Phi) is 3.86. The number of ether oxygens (including phenoxy) is 2. The summed E-state index contributed by atoms with van der Waals surface area (Å²) in [4.78, 5) is 18.6. The molecule has 0 saturated carbocycles. The van der Waals surface area contributed by atoms with Gasteiger partial charge in [0.1, 0.15) is 11.4 Å². The Balaban J connectivity index is 1.64. The van der Waals surface area contributed by atoms with E-state index in [0.29, 0.717) is 11.5 Å². The highest BCUT2D eigenvalue weighted by Gasteiger charge is 2.12. The van der Waals surface area contributed by atoms with E-state index < -0.39 is 5.97 Å². The predicted octanol–water partition coefficient (Wildman–Crippen LogP) is 2.43. The van der Waals surface area contributed by atoms with E-state index >= 15 is 0 Å². The summed E-state index contributed by atoms with van der Waals surface area (Å²) in [5.74, 6) is 0.917. The monoisotopic (exact) mass is 299 g/mol. The molecule has 2 aromatic heterocycles. The first-order valence-corrected chi connectivity index (χ1v) is 6.54. The molecule has 0 saturated heterocycles. The van der Waals surface area contributed by atoms with E-state index in [-0.39, 0.29) is 12.5 Å². The van der Waals surface area contributed by atoms with Crippen molar-refractivity contribution >= 4 is 5.97 Å². The van der Waals surface area contributed by atoms with E-state index in [0.717, 1.165) is 11.3 Å². The van der Waals surface area contributed by atoms with Crippen LogP contribution >= 0.6 is 0 Å². The molecule has 0 aliphatic rings. The molecule has 22 heavy (non-hydrogen) atoms. The maximum Gasteiger partial charge on any atom is 0.355 e. The second kappa shape index (κ2) is 6.13. The number of benzene rings is 1. The summed E-state index contributed by atoms with van der Waals surface area (Å²) < 4.78 is 15.2. The topological polar surface area (TPSA) is 90.2 Å². The van der Waals surface area contributed by atoms with Gasteiger partial charge in [-0.2, -0.15) is 4.98 Å². The lowest BCUT2D eigenvalue weighted by Crippen LogP contribution is -2.05.